The fourth-order valence-corrected chi connectivity index (χ4v) is 1.51. The highest BCUT2D eigenvalue weighted by Gasteiger charge is 2.25. The van der Waals surface area contributed by atoms with E-state index < -0.39 is 0 Å². The Morgan fingerprint density at radius 3 is 3.00 bits per heavy atom. The van der Waals surface area contributed by atoms with Gasteiger partial charge in [-0.3, -0.25) is 0 Å². The van der Waals surface area contributed by atoms with Crippen LogP contribution >= 0.6 is 0 Å². The minimum atomic E-state index is 0.723. The summed E-state index contributed by atoms with van der Waals surface area (Å²) in [5, 5.41) is 3.36. The number of nitrogens with zero attached hydrogens (tertiary/aromatic N) is 2. The summed E-state index contributed by atoms with van der Waals surface area (Å²) in [5.74, 6) is 1.06. The van der Waals surface area contributed by atoms with Gasteiger partial charge in [0, 0.05) is 18.8 Å². The second-order valence-electron chi connectivity index (χ2n) is 3.77. The third-order valence-electron chi connectivity index (χ3n) is 2.33. The van der Waals surface area contributed by atoms with Crippen molar-refractivity contribution in [2.24, 2.45) is 0 Å². The van der Waals surface area contributed by atoms with E-state index in [1.54, 1.807) is 0 Å². The van der Waals surface area contributed by atoms with Crippen molar-refractivity contribution in [3.63, 3.8) is 0 Å². The van der Waals surface area contributed by atoms with Crippen molar-refractivity contribution in [1.82, 2.24) is 9.55 Å². The molecule has 13 heavy (non-hydrogen) atoms. The molecular weight excluding hydrogens is 162 g/mol. The highest BCUT2D eigenvalue weighted by molar-refractivity contribution is 5.30. The van der Waals surface area contributed by atoms with Crippen molar-refractivity contribution in [1.29, 1.82) is 0 Å². The lowest BCUT2D eigenvalue weighted by Crippen LogP contribution is -2.06. The topological polar surface area (TPSA) is 29.9 Å². The van der Waals surface area contributed by atoms with E-state index in [1.807, 2.05) is 0 Å². The average Bonchev–Trinajstić information content (AvgIpc) is 2.88. The Kier molecular flexibility index (Phi) is 2.25. The van der Waals surface area contributed by atoms with Crippen LogP contribution < -0.4 is 5.32 Å². The van der Waals surface area contributed by atoms with Crippen LogP contribution in [-0.4, -0.2) is 16.1 Å². The molecular formula is C10H17N3. The van der Waals surface area contributed by atoms with Crippen LogP contribution in [0.25, 0.3) is 0 Å². The number of hydrogen-bond acceptors (Lipinski definition) is 2. The third kappa shape index (κ3) is 1.85. The zero-order valence-corrected chi connectivity index (χ0v) is 8.38. The summed E-state index contributed by atoms with van der Waals surface area (Å²) in [6, 6.07) is 0.723. The smallest absolute Gasteiger partial charge is 0.203 e. The predicted molar refractivity (Wildman–Crippen MR) is 54.0 cm³/mol. The summed E-state index contributed by atoms with van der Waals surface area (Å²) in [5.41, 5.74) is 1.12. The first-order chi connectivity index (χ1) is 6.31. The Bertz CT molecular complexity index is 286. The van der Waals surface area contributed by atoms with Crippen LogP contribution in [0.3, 0.4) is 0 Å². The minimum absolute atomic E-state index is 0.723. The van der Waals surface area contributed by atoms with Crippen molar-refractivity contribution < 1.29 is 0 Å². The molecule has 1 aromatic heterocycles. The zero-order valence-electron chi connectivity index (χ0n) is 8.38. The van der Waals surface area contributed by atoms with E-state index in [2.05, 4.69) is 34.9 Å². The van der Waals surface area contributed by atoms with Gasteiger partial charge in [0.2, 0.25) is 5.95 Å². The number of aryl methyl sites for hydroxylation is 1. The molecule has 1 aliphatic rings. The van der Waals surface area contributed by atoms with Gasteiger partial charge in [-0.15, -0.1) is 0 Å². The molecule has 0 amide bonds. The monoisotopic (exact) mass is 179 g/mol. The minimum Gasteiger partial charge on any atom is -0.356 e. The van der Waals surface area contributed by atoms with Crippen molar-refractivity contribution >= 4 is 5.95 Å². The average molecular weight is 179 g/mol. The van der Waals surface area contributed by atoms with Gasteiger partial charge in [0.15, 0.2) is 0 Å². The summed E-state index contributed by atoms with van der Waals surface area (Å²) in [6.45, 7) is 5.24. The van der Waals surface area contributed by atoms with E-state index in [1.165, 1.54) is 12.8 Å². The fraction of sp³-hybridized carbons (Fsp3) is 0.700. The van der Waals surface area contributed by atoms with Crippen molar-refractivity contribution in [2.45, 2.75) is 39.2 Å². The summed E-state index contributed by atoms with van der Waals surface area (Å²) in [4.78, 5) is 4.46. The van der Waals surface area contributed by atoms with E-state index >= 15 is 0 Å². The Balaban J connectivity index is 2.11. The summed E-state index contributed by atoms with van der Waals surface area (Å²) in [6.07, 6.45) is 5.93. The fourth-order valence-electron chi connectivity index (χ4n) is 1.51. The quantitative estimate of drug-likeness (QED) is 0.769. The van der Waals surface area contributed by atoms with Crippen LogP contribution in [0.15, 0.2) is 6.20 Å². The maximum atomic E-state index is 4.46. The molecule has 1 N–H and O–H groups in total. The molecule has 0 atom stereocenters. The van der Waals surface area contributed by atoms with Crippen molar-refractivity contribution in [3.05, 3.63) is 11.9 Å². The molecule has 0 spiro atoms. The van der Waals surface area contributed by atoms with E-state index in [4.69, 9.17) is 0 Å². The maximum Gasteiger partial charge on any atom is 0.203 e. The normalized spacial score (nSPS) is 16.2. The summed E-state index contributed by atoms with van der Waals surface area (Å²) >= 11 is 0. The van der Waals surface area contributed by atoms with Gasteiger partial charge < -0.3 is 9.88 Å². The van der Waals surface area contributed by atoms with Crippen LogP contribution in [-0.2, 0) is 0 Å². The largest absolute Gasteiger partial charge is 0.356 e. The van der Waals surface area contributed by atoms with Crippen LogP contribution in [0.1, 0.15) is 37.9 Å². The molecule has 1 heterocycles. The lowest BCUT2D eigenvalue weighted by atomic mass is 10.5. The Labute approximate surface area is 79.2 Å². The van der Waals surface area contributed by atoms with Gasteiger partial charge in [0.05, 0.1) is 5.69 Å². The Morgan fingerprint density at radius 1 is 1.62 bits per heavy atom. The number of rotatable bonds is 4. The molecule has 0 aromatic carbocycles. The van der Waals surface area contributed by atoms with Crippen LogP contribution in [0, 0.1) is 6.92 Å². The molecule has 0 radical (unpaired) electrons. The lowest BCUT2D eigenvalue weighted by Gasteiger charge is -2.06. The second-order valence-corrected chi connectivity index (χ2v) is 3.77. The van der Waals surface area contributed by atoms with Crippen molar-refractivity contribution in [3.8, 4) is 0 Å². The highest BCUT2D eigenvalue weighted by Crippen LogP contribution is 2.37. The molecule has 2 rings (SSSR count). The van der Waals surface area contributed by atoms with Gasteiger partial charge in [-0.2, -0.15) is 0 Å². The molecule has 1 saturated carbocycles. The van der Waals surface area contributed by atoms with E-state index in [0.717, 1.165) is 30.6 Å². The molecule has 1 aromatic rings. The van der Waals surface area contributed by atoms with Crippen molar-refractivity contribution in [2.75, 3.05) is 11.9 Å². The van der Waals surface area contributed by atoms with Gasteiger partial charge >= 0.3 is 0 Å². The summed E-state index contributed by atoms with van der Waals surface area (Å²) < 4.78 is 2.28. The van der Waals surface area contributed by atoms with Gasteiger partial charge in [0.1, 0.15) is 0 Å². The SMILES string of the molecule is CCCNc1nc(C)cn1C1CC1. The second kappa shape index (κ2) is 3.40. The molecule has 1 fully saturated rings. The van der Waals surface area contributed by atoms with Crippen LogP contribution in [0.5, 0.6) is 0 Å². The standard InChI is InChI=1S/C10H17N3/c1-3-6-11-10-12-8(2)7-13(10)9-4-5-9/h7,9H,3-6H2,1-2H3,(H,11,12). The molecule has 1 aliphatic carbocycles. The maximum absolute atomic E-state index is 4.46. The summed E-state index contributed by atoms with van der Waals surface area (Å²) in [7, 11) is 0. The van der Waals surface area contributed by atoms with Crippen LogP contribution in [0.2, 0.25) is 0 Å². The first-order valence-electron chi connectivity index (χ1n) is 5.10. The van der Waals surface area contributed by atoms with Crippen LogP contribution in [0.4, 0.5) is 5.95 Å². The number of anilines is 1. The van der Waals surface area contributed by atoms with Gasteiger partial charge in [-0.25, -0.2) is 4.98 Å². The molecule has 0 saturated heterocycles. The number of aromatic nitrogens is 2. The van der Waals surface area contributed by atoms with Gasteiger partial charge in [-0.1, -0.05) is 6.92 Å². The van der Waals surface area contributed by atoms with E-state index in [9.17, 15) is 0 Å². The molecule has 0 unspecified atom stereocenters. The first-order valence-corrected chi connectivity index (χ1v) is 5.10. The zero-order chi connectivity index (χ0) is 9.26. The van der Waals surface area contributed by atoms with Gasteiger partial charge in [-0.05, 0) is 26.2 Å². The molecule has 3 nitrogen and oxygen atoms in total. The number of hydrogen-bond donors (Lipinski definition) is 1. The van der Waals surface area contributed by atoms with E-state index in [0.29, 0.717) is 0 Å². The third-order valence-corrected chi connectivity index (χ3v) is 2.33. The molecule has 72 valence electrons. The Morgan fingerprint density at radius 2 is 2.38 bits per heavy atom. The predicted octanol–water partition coefficient (Wildman–Crippen LogP) is 2.35. The van der Waals surface area contributed by atoms with Gasteiger partial charge in [0.25, 0.3) is 0 Å². The first kappa shape index (κ1) is 8.60. The molecule has 3 heteroatoms. The Hall–Kier alpha value is -0.990. The lowest BCUT2D eigenvalue weighted by molar-refractivity contribution is 0.741. The molecule has 0 aliphatic heterocycles. The molecule has 0 bridgehead atoms. The highest BCUT2D eigenvalue weighted by atomic mass is 15.2. The number of imidazole rings is 1. The van der Waals surface area contributed by atoms with E-state index in [-0.39, 0.29) is 0 Å². The number of nitrogens with one attached hydrogen (secondary N) is 1.